The average molecular weight is 383 g/mol. The smallest absolute Gasteiger partial charge is 0.262 e. The number of thiazole rings is 1. The Morgan fingerprint density at radius 3 is 2.59 bits per heavy atom. The van der Waals surface area contributed by atoms with E-state index in [1.165, 1.54) is 11.3 Å². The Morgan fingerprint density at radius 2 is 1.85 bits per heavy atom. The van der Waals surface area contributed by atoms with Gasteiger partial charge in [0, 0.05) is 12.1 Å². The molecule has 3 aromatic rings. The minimum atomic E-state index is -0.240. The number of hydrogen-bond acceptors (Lipinski definition) is 5. The number of fused-ring (bicyclic) bond motifs is 1. The Kier molecular flexibility index (Phi) is 6.03. The molecule has 0 spiro atoms. The lowest BCUT2D eigenvalue weighted by Gasteiger charge is -2.07. The molecule has 7 heteroatoms. The summed E-state index contributed by atoms with van der Waals surface area (Å²) in [6.07, 6.45) is 1.26. The van der Waals surface area contributed by atoms with E-state index in [-0.39, 0.29) is 18.4 Å². The number of nitrogens with zero attached hydrogens (tertiary/aromatic N) is 1. The van der Waals surface area contributed by atoms with Crippen molar-refractivity contribution in [1.29, 1.82) is 0 Å². The van der Waals surface area contributed by atoms with E-state index < -0.39 is 0 Å². The molecule has 0 unspecified atom stereocenters. The molecule has 0 aliphatic heterocycles. The van der Waals surface area contributed by atoms with E-state index in [1.807, 2.05) is 50.2 Å². The number of hydrogen-bond donors (Lipinski definition) is 2. The first-order valence-electron chi connectivity index (χ1n) is 8.73. The van der Waals surface area contributed by atoms with Crippen LogP contribution in [0.3, 0.4) is 0 Å². The molecule has 0 aliphatic carbocycles. The zero-order valence-corrected chi connectivity index (χ0v) is 16.1. The van der Waals surface area contributed by atoms with E-state index in [2.05, 4.69) is 15.6 Å². The van der Waals surface area contributed by atoms with Gasteiger partial charge in [-0.05, 0) is 43.7 Å². The van der Waals surface area contributed by atoms with Crippen molar-refractivity contribution in [3.05, 3.63) is 48.0 Å². The molecule has 2 amide bonds. The van der Waals surface area contributed by atoms with Crippen molar-refractivity contribution < 1.29 is 14.3 Å². The highest BCUT2D eigenvalue weighted by Gasteiger charge is 2.09. The van der Waals surface area contributed by atoms with Crippen LogP contribution >= 0.6 is 11.3 Å². The van der Waals surface area contributed by atoms with Crippen molar-refractivity contribution in [2.75, 3.05) is 17.2 Å². The average Bonchev–Trinajstić information content (AvgIpc) is 3.02. The summed E-state index contributed by atoms with van der Waals surface area (Å²) in [4.78, 5) is 28.2. The molecule has 2 aromatic carbocycles. The Balaban J connectivity index is 1.60. The van der Waals surface area contributed by atoms with E-state index in [0.29, 0.717) is 23.0 Å². The van der Waals surface area contributed by atoms with Crippen LogP contribution in [0.1, 0.15) is 25.3 Å². The zero-order valence-electron chi connectivity index (χ0n) is 15.2. The summed E-state index contributed by atoms with van der Waals surface area (Å²) in [6, 6.07) is 13.0. The number of carbonyl (C=O) groups excluding carboxylic acids is 2. The van der Waals surface area contributed by atoms with Gasteiger partial charge in [0.2, 0.25) is 5.91 Å². The normalized spacial score (nSPS) is 10.6. The van der Waals surface area contributed by atoms with Crippen molar-refractivity contribution in [2.24, 2.45) is 0 Å². The van der Waals surface area contributed by atoms with E-state index in [1.54, 1.807) is 6.07 Å². The van der Waals surface area contributed by atoms with E-state index >= 15 is 0 Å². The lowest BCUT2D eigenvalue weighted by atomic mass is 10.2. The van der Waals surface area contributed by atoms with Crippen molar-refractivity contribution in [2.45, 2.75) is 26.7 Å². The summed E-state index contributed by atoms with van der Waals surface area (Å²) in [6.45, 7) is 3.88. The first-order valence-corrected chi connectivity index (χ1v) is 9.55. The van der Waals surface area contributed by atoms with Gasteiger partial charge in [-0.1, -0.05) is 36.0 Å². The van der Waals surface area contributed by atoms with Gasteiger partial charge in [-0.2, -0.15) is 0 Å². The maximum Gasteiger partial charge on any atom is 0.262 e. The molecule has 0 fully saturated rings. The van der Waals surface area contributed by atoms with Crippen molar-refractivity contribution in [3.8, 4) is 5.75 Å². The Labute approximate surface area is 161 Å². The van der Waals surface area contributed by atoms with Crippen LogP contribution in [-0.4, -0.2) is 23.4 Å². The number of aromatic nitrogens is 1. The largest absolute Gasteiger partial charge is 0.484 e. The number of nitrogens with one attached hydrogen (secondary N) is 2. The van der Waals surface area contributed by atoms with Gasteiger partial charge in [0.1, 0.15) is 5.75 Å². The van der Waals surface area contributed by atoms with Crippen LogP contribution in [-0.2, 0) is 9.59 Å². The lowest BCUT2D eigenvalue weighted by molar-refractivity contribution is -0.118. The molecule has 0 atom stereocenters. The molecule has 27 heavy (non-hydrogen) atoms. The minimum Gasteiger partial charge on any atom is -0.484 e. The first kappa shape index (κ1) is 18.8. The Bertz CT molecular complexity index is 951. The zero-order chi connectivity index (χ0) is 19.2. The SMILES string of the molecule is CCCC(=O)Nc1nc2ccc(NC(=O)COc3ccc(C)cc3)cc2s1. The number of rotatable bonds is 7. The number of aryl methyl sites for hydroxylation is 1. The van der Waals surface area contributed by atoms with Crippen LogP contribution in [0.5, 0.6) is 5.75 Å². The highest BCUT2D eigenvalue weighted by molar-refractivity contribution is 7.22. The van der Waals surface area contributed by atoms with Crippen LogP contribution in [0.4, 0.5) is 10.8 Å². The fourth-order valence-electron chi connectivity index (χ4n) is 2.45. The highest BCUT2D eigenvalue weighted by Crippen LogP contribution is 2.28. The van der Waals surface area contributed by atoms with Gasteiger partial charge >= 0.3 is 0 Å². The number of benzene rings is 2. The third kappa shape index (κ3) is 5.27. The highest BCUT2D eigenvalue weighted by atomic mass is 32.1. The second-order valence-corrected chi connectivity index (χ2v) is 7.18. The van der Waals surface area contributed by atoms with E-state index in [9.17, 15) is 9.59 Å². The number of ether oxygens (including phenoxy) is 1. The van der Waals surface area contributed by atoms with Gasteiger partial charge in [0.05, 0.1) is 10.2 Å². The van der Waals surface area contributed by atoms with Crippen LogP contribution in [0.25, 0.3) is 10.2 Å². The van der Waals surface area contributed by atoms with Crippen LogP contribution < -0.4 is 15.4 Å². The summed E-state index contributed by atoms with van der Waals surface area (Å²) >= 11 is 1.38. The number of amides is 2. The molecule has 3 rings (SSSR count). The van der Waals surface area contributed by atoms with Crippen LogP contribution in [0.15, 0.2) is 42.5 Å². The number of carbonyl (C=O) groups is 2. The molecule has 1 heterocycles. The van der Waals surface area contributed by atoms with Gasteiger partial charge < -0.3 is 15.4 Å². The van der Waals surface area contributed by atoms with Crippen LogP contribution in [0, 0.1) is 6.92 Å². The second-order valence-electron chi connectivity index (χ2n) is 6.15. The van der Waals surface area contributed by atoms with Gasteiger partial charge in [0.25, 0.3) is 5.91 Å². The summed E-state index contributed by atoms with van der Waals surface area (Å²) in [5.41, 5.74) is 2.57. The molecule has 0 radical (unpaired) electrons. The first-order chi connectivity index (χ1) is 13.0. The summed E-state index contributed by atoms with van der Waals surface area (Å²) in [5, 5.41) is 6.17. The maximum absolute atomic E-state index is 12.1. The van der Waals surface area contributed by atoms with Gasteiger partial charge in [-0.3, -0.25) is 9.59 Å². The van der Waals surface area contributed by atoms with Crippen molar-refractivity contribution in [3.63, 3.8) is 0 Å². The van der Waals surface area contributed by atoms with Crippen molar-refractivity contribution in [1.82, 2.24) is 4.98 Å². The Hall–Kier alpha value is -2.93. The molecule has 0 saturated carbocycles. The molecular formula is C20H21N3O3S. The summed E-state index contributed by atoms with van der Waals surface area (Å²) in [7, 11) is 0. The van der Waals surface area contributed by atoms with Crippen molar-refractivity contribution >= 4 is 44.2 Å². The molecule has 140 valence electrons. The van der Waals surface area contributed by atoms with E-state index in [0.717, 1.165) is 22.2 Å². The fourth-order valence-corrected chi connectivity index (χ4v) is 3.37. The monoisotopic (exact) mass is 383 g/mol. The Morgan fingerprint density at radius 1 is 1.07 bits per heavy atom. The van der Waals surface area contributed by atoms with Gasteiger partial charge in [-0.15, -0.1) is 0 Å². The molecule has 6 nitrogen and oxygen atoms in total. The standard InChI is InChI=1S/C20H21N3O3S/c1-3-4-18(24)23-20-22-16-10-7-14(11-17(16)27-20)21-19(25)12-26-15-8-5-13(2)6-9-15/h5-11H,3-4,12H2,1-2H3,(H,21,25)(H,22,23,24). The predicted octanol–water partition coefficient (Wildman–Crippen LogP) is 4.36. The molecule has 0 bridgehead atoms. The lowest BCUT2D eigenvalue weighted by Crippen LogP contribution is -2.20. The third-order valence-corrected chi connectivity index (χ3v) is 4.72. The molecule has 0 saturated heterocycles. The number of anilines is 2. The summed E-state index contributed by atoms with van der Waals surface area (Å²) in [5.74, 6) is 0.371. The quantitative estimate of drug-likeness (QED) is 0.635. The molecule has 2 N–H and O–H groups in total. The maximum atomic E-state index is 12.1. The second kappa shape index (κ2) is 8.64. The topological polar surface area (TPSA) is 80.3 Å². The predicted molar refractivity (Wildman–Crippen MR) is 108 cm³/mol. The van der Waals surface area contributed by atoms with Gasteiger partial charge in [-0.25, -0.2) is 4.98 Å². The minimum absolute atomic E-state index is 0.0432. The fraction of sp³-hybridized carbons (Fsp3) is 0.250. The third-order valence-electron chi connectivity index (χ3n) is 3.79. The summed E-state index contributed by atoms with van der Waals surface area (Å²) < 4.78 is 6.37. The van der Waals surface area contributed by atoms with Crippen LogP contribution in [0.2, 0.25) is 0 Å². The van der Waals surface area contributed by atoms with Gasteiger partial charge in [0.15, 0.2) is 11.7 Å². The molecular weight excluding hydrogens is 362 g/mol. The van der Waals surface area contributed by atoms with E-state index in [4.69, 9.17) is 4.74 Å². The molecule has 0 aliphatic rings. The molecule has 1 aromatic heterocycles.